The van der Waals surface area contributed by atoms with Crippen molar-refractivity contribution in [1.29, 1.82) is 0 Å². The molecule has 0 heterocycles. The highest BCUT2D eigenvalue weighted by Gasteiger charge is 2.04. The molecule has 2 amide bonds. The molecule has 0 atom stereocenters. The Bertz CT molecular complexity index is 635. The van der Waals surface area contributed by atoms with Crippen molar-refractivity contribution in [3.8, 4) is 5.75 Å². The van der Waals surface area contributed by atoms with E-state index in [1.807, 2.05) is 42.5 Å². The second-order valence-corrected chi connectivity index (χ2v) is 4.67. The lowest BCUT2D eigenvalue weighted by molar-refractivity contribution is -0.124. The minimum absolute atomic E-state index is 0.122. The number of amides is 2. The van der Waals surface area contributed by atoms with Gasteiger partial charge in [0, 0.05) is 11.8 Å². The van der Waals surface area contributed by atoms with Crippen molar-refractivity contribution in [2.45, 2.75) is 12.8 Å². The number of carbonyl (C=O) groups is 2. The molecule has 0 aromatic heterocycles. The largest absolute Gasteiger partial charge is 0.493 e. The molecule has 0 aliphatic rings. The Hall–Kier alpha value is -2.56. The molecule has 0 aliphatic heterocycles. The molecule has 0 unspecified atom stereocenters. The molecule has 0 fully saturated rings. The SMILES string of the molecule is NC(=O)CNC(=O)CCCOc1cccc2ccccc12. The van der Waals surface area contributed by atoms with Crippen LogP contribution in [0.1, 0.15) is 12.8 Å². The molecule has 0 saturated carbocycles. The first kappa shape index (κ1) is 14.8. The molecule has 0 spiro atoms. The smallest absolute Gasteiger partial charge is 0.236 e. The van der Waals surface area contributed by atoms with Crippen molar-refractivity contribution in [2.24, 2.45) is 5.73 Å². The summed E-state index contributed by atoms with van der Waals surface area (Å²) >= 11 is 0. The molecule has 5 nitrogen and oxygen atoms in total. The van der Waals surface area contributed by atoms with Crippen LogP contribution in [0.4, 0.5) is 0 Å². The summed E-state index contributed by atoms with van der Waals surface area (Å²) in [5, 5.41) is 4.61. The van der Waals surface area contributed by atoms with Crippen molar-refractivity contribution in [3.63, 3.8) is 0 Å². The lowest BCUT2D eigenvalue weighted by atomic mass is 10.1. The Balaban J connectivity index is 1.80. The van der Waals surface area contributed by atoms with Gasteiger partial charge >= 0.3 is 0 Å². The molecule has 21 heavy (non-hydrogen) atoms. The summed E-state index contributed by atoms with van der Waals surface area (Å²) in [5.41, 5.74) is 4.95. The number of hydrogen-bond donors (Lipinski definition) is 2. The number of hydrogen-bond acceptors (Lipinski definition) is 3. The first-order valence-electron chi connectivity index (χ1n) is 6.82. The zero-order valence-corrected chi connectivity index (χ0v) is 11.7. The quantitative estimate of drug-likeness (QED) is 0.759. The van der Waals surface area contributed by atoms with E-state index >= 15 is 0 Å². The third kappa shape index (κ3) is 4.49. The third-order valence-corrected chi connectivity index (χ3v) is 3.02. The molecule has 0 radical (unpaired) electrons. The van der Waals surface area contributed by atoms with Gasteiger partial charge in [-0.2, -0.15) is 0 Å². The van der Waals surface area contributed by atoms with Crippen LogP contribution in [0.3, 0.4) is 0 Å². The normalized spacial score (nSPS) is 10.3. The highest BCUT2D eigenvalue weighted by atomic mass is 16.5. The van der Waals surface area contributed by atoms with Crippen LogP contribution in [-0.4, -0.2) is 25.0 Å². The number of nitrogens with two attached hydrogens (primary N) is 1. The average Bonchev–Trinajstić information content (AvgIpc) is 2.49. The van der Waals surface area contributed by atoms with Crippen molar-refractivity contribution in [1.82, 2.24) is 5.32 Å². The van der Waals surface area contributed by atoms with Crippen LogP contribution in [0.25, 0.3) is 10.8 Å². The van der Waals surface area contributed by atoms with Gasteiger partial charge < -0.3 is 15.8 Å². The van der Waals surface area contributed by atoms with E-state index in [0.29, 0.717) is 19.4 Å². The monoisotopic (exact) mass is 286 g/mol. The fraction of sp³-hybridized carbons (Fsp3) is 0.250. The number of carbonyl (C=O) groups excluding carboxylic acids is 2. The number of nitrogens with one attached hydrogen (secondary N) is 1. The molecule has 5 heteroatoms. The maximum absolute atomic E-state index is 11.4. The zero-order valence-electron chi connectivity index (χ0n) is 11.7. The summed E-state index contributed by atoms with van der Waals surface area (Å²) in [4.78, 5) is 21.9. The van der Waals surface area contributed by atoms with Gasteiger partial charge in [0.1, 0.15) is 5.75 Å². The zero-order chi connectivity index (χ0) is 15.1. The molecule has 2 aromatic rings. The number of benzene rings is 2. The Morgan fingerprint density at radius 2 is 1.86 bits per heavy atom. The molecule has 2 aromatic carbocycles. The Labute approximate surface area is 123 Å². The molecular formula is C16H18N2O3. The number of fused-ring (bicyclic) bond motifs is 1. The van der Waals surface area contributed by atoms with Crippen molar-refractivity contribution in [2.75, 3.05) is 13.2 Å². The number of ether oxygens (including phenoxy) is 1. The molecule has 0 saturated heterocycles. The highest BCUT2D eigenvalue weighted by molar-refractivity contribution is 5.88. The van der Waals surface area contributed by atoms with Gasteiger partial charge in [-0.3, -0.25) is 9.59 Å². The average molecular weight is 286 g/mol. The minimum atomic E-state index is -0.546. The van der Waals surface area contributed by atoms with Crippen molar-refractivity contribution in [3.05, 3.63) is 42.5 Å². The topological polar surface area (TPSA) is 81.4 Å². The lowest BCUT2D eigenvalue weighted by Gasteiger charge is -2.09. The minimum Gasteiger partial charge on any atom is -0.493 e. The van der Waals surface area contributed by atoms with Crippen LogP contribution in [-0.2, 0) is 9.59 Å². The van der Waals surface area contributed by atoms with E-state index in [0.717, 1.165) is 16.5 Å². The maximum atomic E-state index is 11.4. The van der Waals surface area contributed by atoms with E-state index in [1.54, 1.807) is 0 Å². The first-order valence-corrected chi connectivity index (χ1v) is 6.82. The van der Waals surface area contributed by atoms with Crippen LogP contribution in [0.5, 0.6) is 5.75 Å². The second kappa shape index (κ2) is 7.28. The van der Waals surface area contributed by atoms with Crippen LogP contribution < -0.4 is 15.8 Å². The summed E-state index contributed by atoms with van der Waals surface area (Å²) in [7, 11) is 0. The highest BCUT2D eigenvalue weighted by Crippen LogP contribution is 2.25. The number of primary amides is 1. The van der Waals surface area contributed by atoms with Gasteiger partial charge in [-0.15, -0.1) is 0 Å². The molecule has 110 valence electrons. The van der Waals surface area contributed by atoms with Gasteiger partial charge in [0.25, 0.3) is 0 Å². The van der Waals surface area contributed by atoms with Gasteiger partial charge in [-0.05, 0) is 17.9 Å². The predicted octanol–water partition coefficient (Wildman–Crippen LogP) is 1.60. The van der Waals surface area contributed by atoms with Gasteiger partial charge in [-0.25, -0.2) is 0 Å². The Kier molecular flexibility index (Phi) is 5.15. The van der Waals surface area contributed by atoms with E-state index in [9.17, 15) is 9.59 Å². The number of rotatable bonds is 7. The summed E-state index contributed by atoms with van der Waals surface area (Å²) in [6, 6.07) is 13.9. The molecule has 2 rings (SSSR count). The van der Waals surface area contributed by atoms with Crippen LogP contribution in [0.2, 0.25) is 0 Å². The van der Waals surface area contributed by atoms with Crippen molar-refractivity contribution >= 4 is 22.6 Å². The second-order valence-electron chi connectivity index (χ2n) is 4.67. The Morgan fingerprint density at radius 1 is 1.10 bits per heavy atom. The van der Waals surface area contributed by atoms with Gasteiger partial charge in [0.15, 0.2) is 0 Å². The summed E-state index contributed by atoms with van der Waals surface area (Å²) in [5.74, 6) is 0.0660. The van der Waals surface area contributed by atoms with E-state index in [2.05, 4.69) is 5.32 Å². The molecule has 0 bridgehead atoms. The molecule has 0 aliphatic carbocycles. The van der Waals surface area contributed by atoms with Crippen LogP contribution >= 0.6 is 0 Å². The van der Waals surface area contributed by atoms with E-state index in [-0.39, 0.29) is 12.5 Å². The van der Waals surface area contributed by atoms with E-state index in [4.69, 9.17) is 10.5 Å². The van der Waals surface area contributed by atoms with Gasteiger partial charge in [-0.1, -0.05) is 36.4 Å². The van der Waals surface area contributed by atoms with Gasteiger partial charge in [0.05, 0.1) is 13.2 Å². The molecule has 3 N–H and O–H groups in total. The lowest BCUT2D eigenvalue weighted by Crippen LogP contribution is -2.33. The Morgan fingerprint density at radius 3 is 2.67 bits per heavy atom. The first-order chi connectivity index (χ1) is 10.2. The maximum Gasteiger partial charge on any atom is 0.236 e. The van der Waals surface area contributed by atoms with E-state index < -0.39 is 5.91 Å². The third-order valence-electron chi connectivity index (χ3n) is 3.02. The summed E-state index contributed by atoms with van der Waals surface area (Å²) < 4.78 is 5.72. The summed E-state index contributed by atoms with van der Waals surface area (Å²) in [6.45, 7) is 0.320. The van der Waals surface area contributed by atoms with Crippen molar-refractivity contribution < 1.29 is 14.3 Å². The fourth-order valence-corrected chi connectivity index (χ4v) is 2.01. The fourth-order valence-electron chi connectivity index (χ4n) is 2.01. The summed E-state index contributed by atoms with van der Waals surface area (Å²) in [6.07, 6.45) is 0.881. The molecular weight excluding hydrogens is 268 g/mol. The van der Waals surface area contributed by atoms with E-state index in [1.165, 1.54) is 0 Å². The van der Waals surface area contributed by atoms with Crippen LogP contribution in [0, 0.1) is 0 Å². The standard InChI is InChI=1S/C16H18N2O3/c17-15(19)11-18-16(20)9-4-10-21-14-8-3-6-12-5-1-2-7-13(12)14/h1-3,5-8H,4,9-11H2,(H2,17,19)(H,18,20). The van der Waals surface area contributed by atoms with Gasteiger partial charge in [0.2, 0.25) is 11.8 Å². The van der Waals surface area contributed by atoms with Crippen LogP contribution in [0.15, 0.2) is 42.5 Å². The predicted molar refractivity (Wildman–Crippen MR) is 80.9 cm³/mol.